The highest BCUT2D eigenvalue weighted by molar-refractivity contribution is 5.93. The molecule has 0 saturated carbocycles. The van der Waals surface area contributed by atoms with Gasteiger partial charge >= 0.3 is 12.2 Å². The Balaban J connectivity index is 1.16. The van der Waals surface area contributed by atoms with Crippen LogP contribution in [-0.4, -0.2) is 58.2 Å². The van der Waals surface area contributed by atoms with Gasteiger partial charge in [0, 0.05) is 6.42 Å². The van der Waals surface area contributed by atoms with Crippen molar-refractivity contribution in [3.05, 3.63) is 112 Å². The summed E-state index contributed by atoms with van der Waals surface area (Å²) in [6.45, 7) is 5.38. The minimum atomic E-state index is -1.17. The second-order valence-electron chi connectivity index (χ2n) is 14.5. The van der Waals surface area contributed by atoms with Crippen LogP contribution in [-0.2, 0) is 33.6 Å². The Bertz CT molecular complexity index is 1780. The molecule has 1 unspecified atom stereocenters. The van der Waals surface area contributed by atoms with Gasteiger partial charge in [-0.1, -0.05) is 72.8 Å². The van der Waals surface area contributed by atoms with E-state index in [1.807, 2.05) is 60.7 Å². The molecular weight excluding hydrogens is 632 g/mol. The Morgan fingerprint density at radius 1 is 0.840 bits per heavy atom. The Morgan fingerprint density at radius 3 is 2.00 bits per heavy atom. The molecule has 262 valence electrons. The number of fused-ring (bicyclic) bond motifs is 2. The summed E-state index contributed by atoms with van der Waals surface area (Å²) in [6.07, 6.45) is 5.54. The summed E-state index contributed by atoms with van der Waals surface area (Å²) in [5, 5.41) is 19.1. The van der Waals surface area contributed by atoms with Crippen molar-refractivity contribution in [3.63, 3.8) is 0 Å². The van der Waals surface area contributed by atoms with E-state index in [0.717, 1.165) is 71.3 Å². The number of nitrogens with one attached hydrogen (secondary N) is 3. The van der Waals surface area contributed by atoms with Gasteiger partial charge in [0.1, 0.15) is 17.7 Å². The SMILES string of the molecule is CC(C)(C)OC(=O)N[C@@H](Cc1ccc(C2=CC(C(=O)N[C@@H]3CCCc4ccccc43)N(C(=O)O)C2)cc1)C(=O)N[C@@H]1CCCc2ccccc21. The summed E-state index contributed by atoms with van der Waals surface area (Å²) >= 11 is 0. The molecule has 1 heterocycles. The van der Waals surface area contributed by atoms with Crippen LogP contribution in [0.25, 0.3) is 5.57 Å². The van der Waals surface area contributed by atoms with E-state index < -0.39 is 29.9 Å². The first-order valence-electron chi connectivity index (χ1n) is 17.5. The molecule has 4 N–H and O–H groups in total. The van der Waals surface area contributed by atoms with Gasteiger partial charge in [-0.05, 0) is 104 Å². The predicted octanol–water partition coefficient (Wildman–Crippen LogP) is 6.26. The highest BCUT2D eigenvalue weighted by atomic mass is 16.6. The van der Waals surface area contributed by atoms with Crippen LogP contribution in [0.5, 0.6) is 0 Å². The van der Waals surface area contributed by atoms with Crippen molar-refractivity contribution in [1.29, 1.82) is 0 Å². The van der Waals surface area contributed by atoms with Crippen molar-refractivity contribution < 1.29 is 29.0 Å². The van der Waals surface area contributed by atoms with E-state index in [1.54, 1.807) is 26.8 Å². The number of carboxylic acid groups (broad SMARTS) is 1. The van der Waals surface area contributed by atoms with Crippen molar-refractivity contribution in [1.82, 2.24) is 20.9 Å². The quantitative estimate of drug-likeness (QED) is 0.222. The monoisotopic (exact) mass is 678 g/mol. The van der Waals surface area contributed by atoms with E-state index in [9.17, 15) is 24.3 Å². The molecule has 2 aliphatic carbocycles. The molecule has 3 aromatic carbocycles. The van der Waals surface area contributed by atoms with E-state index >= 15 is 0 Å². The van der Waals surface area contributed by atoms with Crippen molar-refractivity contribution in [2.45, 2.75) is 95.5 Å². The van der Waals surface area contributed by atoms with Crippen LogP contribution < -0.4 is 16.0 Å². The fourth-order valence-electron chi connectivity index (χ4n) is 7.29. The van der Waals surface area contributed by atoms with E-state index in [2.05, 4.69) is 28.1 Å². The van der Waals surface area contributed by atoms with Crippen LogP contribution in [0, 0.1) is 0 Å². The number of benzene rings is 3. The Labute approximate surface area is 293 Å². The topological polar surface area (TPSA) is 137 Å². The van der Waals surface area contributed by atoms with Crippen molar-refractivity contribution in [2.75, 3.05) is 6.54 Å². The predicted molar refractivity (Wildman–Crippen MR) is 190 cm³/mol. The maximum Gasteiger partial charge on any atom is 0.408 e. The minimum Gasteiger partial charge on any atom is -0.465 e. The number of carbonyl (C=O) groups is 4. The maximum atomic E-state index is 13.7. The molecule has 0 radical (unpaired) electrons. The smallest absolute Gasteiger partial charge is 0.408 e. The average molecular weight is 679 g/mol. The zero-order valence-electron chi connectivity index (χ0n) is 28.9. The molecule has 0 fully saturated rings. The first kappa shape index (κ1) is 34.7. The van der Waals surface area contributed by atoms with Crippen molar-refractivity contribution in [2.24, 2.45) is 0 Å². The maximum absolute atomic E-state index is 13.7. The summed E-state index contributed by atoms with van der Waals surface area (Å²) in [6, 6.07) is 21.5. The first-order valence-corrected chi connectivity index (χ1v) is 17.5. The van der Waals surface area contributed by atoms with Gasteiger partial charge in [0.05, 0.1) is 18.6 Å². The summed E-state index contributed by atoms with van der Waals surface area (Å²) in [4.78, 5) is 53.4. The number of rotatable bonds is 8. The molecule has 4 atom stereocenters. The summed E-state index contributed by atoms with van der Waals surface area (Å²) < 4.78 is 5.49. The fraction of sp³-hybridized carbons (Fsp3) is 0.400. The normalized spacial score (nSPS) is 20.4. The van der Waals surface area contributed by atoms with E-state index in [4.69, 9.17) is 4.74 Å². The van der Waals surface area contributed by atoms with E-state index in [-0.39, 0.29) is 36.9 Å². The van der Waals surface area contributed by atoms with Gasteiger partial charge in [0.15, 0.2) is 0 Å². The van der Waals surface area contributed by atoms with Crippen LogP contribution in [0.2, 0.25) is 0 Å². The third-order valence-electron chi connectivity index (χ3n) is 9.69. The lowest BCUT2D eigenvalue weighted by Gasteiger charge is -2.29. The van der Waals surface area contributed by atoms with Gasteiger partial charge in [-0.15, -0.1) is 0 Å². The molecule has 6 rings (SSSR count). The number of hydrogen-bond acceptors (Lipinski definition) is 5. The number of hydrogen-bond donors (Lipinski definition) is 4. The summed E-state index contributed by atoms with van der Waals surface area (Å²) in [7, 11) is 0. The second-order valence-corrected chi connectivity index (χ2v) is 14.5. The Hall–Kier alpha value is -5.12. The molecule has 3 aromatic rings. The lowest BCUT2D eigenvalue weighted by atomic mass is 9.87. The van der Waals surface area contributed by atoms with Crippen LogP contribution in [0.15, 0.2) is 78.9 Å². The lowest BCUT2D eigenvalue weighted by Crippen LogP contribution is -2.50. The standard InChI is InChI=1S/C40H46N4O6/c1-40(2,3)50-38(47)43-34(36(45)41-32-16-8-12-27-10-4-6-14-30(27)32)22-25-18-20-26(21-19-25)29-23-35(44(24-29)39(48)49)37(46)42-33-17-9-13-28-11-5-7-15-31(28)33/h4-7,10-11,14-15,18-21,23,32-35H,8-9,12-13,16-17,22,24H2,1-3H3,(H,41,45)(H,42,46)(H,43,47)(H,48,49)/t32-,33-,34+,35?/m1/s1. The number of ether oxygens (including phenoxy) is 1. The molecule has 10 heteroatoms. The van der Waals surface area contributed by atoms with Crippen LogP contribution in [0.3, 0.4) is 0 Å². The Kier molecular flexibility index (Phi) is 10.3. The van der Waals surface area contributed by atoms with E-state index in [0.29, 0.717) is 0 Å². The number of amides is 4. The number of carbonyl (C=O) groups excluding carboxylic acids is 3. The summed E-state index contributed by atoms with van der Waals surface area (Å²) in [5.74, 6) is -0.643. The second kappa shape index (κ2) is 14.8. The van der Waals surface area contributed by atoms with Crippen LogP contribution >= 0.6 is 0 Å². The first-order chi connectivity index (χ1) is 23.9. The third-order valence-corrected chi connectivity index (χ3v) is 9.69. The van der Waals surface area contributed by atoms with E-state index in [1.165, 1.54) is 11.1 Å². The zero-order chi connectivity index (χ0) is 35.4. The fourth-order valence-corrected chi connectivity index (χ4v) is 7.29. The number of nitrogens with zero attached hydrogens (tertiary/aromatic N) is 1. The largest absolute Gasteiger partial charge is 0.465 e. The van der Waals surface area contributed by atoms with Gasteiger partial charge in [0.25, 0.3) is 0 Å². The van der Waals surface area contributed by atoms with Gasteiger partial charge in [0.2, 0.25) is 11.8 Å². The zero-order valence-corrected chi connectivity index (χ0v) is 28.9. The lowest BCUT2D eigenvalue weighted by molar-refractivity contribution is -0.125. The van der Waals surface area contributed by atoms with Crippen LogP contribution in [0.4, 0.5) is 9.59 Å². The molecule has 1 aliphatic heterocycles. The Morgan fingerprint density at radius 2 is 1.42 bits per heavy atom. The van der Waals surface area contributed by atoms with Crippen molar-refractivity contribution >= 4 is 29.6 Å². The summed E-state index contributed by atoms with van der Waals surface area (Å²) in [5.41, 5.74) is 6.18. The molecule has 3 aliphatic rings. The third kappa shape index (κ3) is 8.18. The molecular formula is C40H46N4O6. The molecule has 0 spiro atoms. The highest BCUT2D eigenvalue weighted by Crippen LogP contribution is 2.32. The minimum absolute atomic E-state index is 0.0715. The van der Waals surface area contributed by atoms with Crippen LogP contribution in [0.1, 0.15) is 91.9 Å². The highest BCUT2D eigenvalue weighted by Gasteiger charge is 2.36. The number of alkyl carbamates (subject to hydrolysis) is 1. The van der Waals surface area contributed by atoms with Gasteiger partial charge < -0.3 is 25.8 Å². The van der Waals surface area contributed by atoms with Crippen molar-refractivity contribution in [3.8, 4) is 0 Å². The number of aryl methyl sites for hydroxylation is 2. The molecule has 0 bridgehead atoms. The van der Waals surface area contributed by atoms with Gasteiger partial charge in [-0.25, -0.2) is 9.59 Å². The molecule has 0 aromatic heterocycles. The molecule has 50 heavy (non-hydrogen) atoms. The molecule has 10 nitrogen and oxygen atoms in total. The molecule has 4 amide bonds. The van der Waals surface area contributed by atoms with Gasteiger partial charge in [-0.2, -0.15) is 0 Å². The van der Waals surface area contributed by atoms with Gasteiger partial charge in [-0.3, -0.25) is 14.5 Å². The molecule has 0 saturated heterocycles. The average Bonchev–Trinajstić information content (AvgIpc) is 3.54.